The van der Waals surface area contributed by atoms with Gasteiger partial charge in [0.25, 0.3) is 0 Å². The zero-order chi connectivity index (χ0) is 20.3. The predicted molar refractivity (Wildman–Crippen MR) is 108 cm³/mol. The summed E-state index contributed by atoms with van der Waals surface area (Å²) < 4.78 is 27.3. The van der Waals surface area contributed by atoms with Crippen LogP contribution in [-0.2, 0) is 14.8 Å². The number of halogens is 1. The van der Waals surface area contributed by atoms with Gasteiger partial charge in [0.05, 0.1) is 4.90 Å². The maximum atomic E-state index is 12.6. The molecule has 9 heteroatoms. The van der Waals surface area contributed by atoms with E-state index in [1.807, 2.05) is 12.1 Å². The maximum Gasteiger partial charge on any atom is 0.324 e. The van der Waals surface area contributed by atoms with Gasteiger partial charge in [-0.05, 0) is 46.8 Å². The van der Waals surface area contributed by atoms with Crippen molar-refractivity contribution in [2.24, 2.45) is 0 Å². The summed E-state index contributed by atoms with van der Waals surface area (Å²) in [7, 11) is -4.15. The van der Waals surface area contributed by atoms with Crippen molar-refractivity contribution in [3.63, 3.8) is 0 Å². The van der Waals surface area contributed by atoms with E-state index in [-0.39, 0.29) is 4.90 Å². The van der Waals surface area contributed by atoms with Crippen molar-refractivity contribution < 1.29 is 23.4 Å². The molecule has 28 heavy (non-hydrogen) atoms. The molecule has 2 atom stereocenters. The minimum absolute atomic E-state index is 0.102. The third-order valence-electron chi connectivity index (χ3n) is 4.04. The minimum Gasteiger partial charge on any atom is -0.480 e. The van der Waals surface area contributed by atoms with Crippen LogP contribution in [-0.4, -0.2) is 30.6 Å². The predicted octanol–water partition coefficient (Wildman–Crippen LogP) is 3.53. The fourth-order valence-corrected chi connectivity index (χ4v) is 4.65. The van der Waals surface area contributed by atoms with Gasteiger partial charge in [-0.15, -0.1) is 11.3 Å². The third kappa shape index (κ3) is 4.60. The van der Waals surface area contributed by atoms with Gasteiger partial charge >= 0.3 is 5.97 Å². The Labute approximate surface area is 171 Å². The van der Waals surface area contributed by atoms with E-state index in [2.05, 4.69) is 4.72 Å². The highest BCUT2D eigenvalue weighted by atomic mass is 35.5. The van der Waals surface area contributed by atoms with E-state index in [9.17, 15) is 23.4 Å². The molecule has 2 aromatic carbocycles. The molecule has 0 aliphatic rings. The van der Waals surface area contributed by atoms with Crippen molar-refractivity contribution in [1.82, 2.24) is 4.72 Å². The van der Waals surface area contributed by atoms with Crippen molar-refractivity contribution in [3.05, 3.63) is 75.9 Å². The molecular weight excluding hydrogens is 422 g/mol. The lowest BCUT2D eigenvalue weighted by Crippen LogP contribution is -2.44. The van der Waals surface area contributed by atoms with Crippen LogP contribution in [0.2, 0.25) is 5.02 Å². The van der Waals surface area contributed by atoms with Gasteiger partial charge in [-0.2, -0.15) is 4.72 Å². The lowest BCUT2D eigenvalue weighted by atomic mass is 10.1. The molecule has 0 aliphatic carbocycles. The number of rotatable bonds is 7. The van der Waals surface area contributed by atoms with E-state index in [1.54, 1.807) is 41.8 Å². The molecule has 0 fully saturated rings. The molecule has 146 valence electrons. The van der Waals surface area contributed by atoms with E-state index in [0.717, 1.165) is 22.5 Å². The Kier molecular flexibility index (Phi) is 6.17. The highest BCUT2D eigenvalue weighted by molar-refractivity contribution is 7.89. The second kappa shape index (κ2) is 8.42. The number of carboxylic acids is 1. The Morgan fingerprint density at radius 3 is 2.07 bits per heavy atom. The molecule has 3 N–H and O–H groups in total. The summed E-state index contributed by atoms with van der Waals surface area (Å²) in [4.78, 5) is 11.8. The van der Waals surface area contributed by atoms with Crippen molar-refractivity contribution in [2.45, 2.75) is 17.0 Å². The number of carboxylic acid groups (broad SMARTS) is 1. The molecule has 0 bridgehead atoms. The molecule has 0 saturated carbocycles. The highest BCUT2D eigenvalue weighted by Gasteiger charge is 2.33. The molecular formula is C19H16ClNO5S2. The molecule has 0 amide bonds. The van der Waals surface area contributed by atoms with E-state index in [4.69, 9.17) is 11.6 Å². The molecule has 3 aromatic rings. The largest absolute Gasteiger partial charge is 0.480 e. The number of nitrogens with one attached hydrogen (secondary N) is 1. The lowest BCUT2D eigenvalue weighted by Gasteiger charge is -2.19. The van der Waals surface area contributed by atoms with Crippen LogP contribution in [0.15, 0.2) is 70.9 Å². The summed E-state index contributed by atoms with van der Waals surface area (Å²) in [6, 6.07) is 14.5. The molecule has 2 unspecified atom stereocenters. The van der Waals surface area contributed by atoms with Crippen LogP contribution >= 0.6 is 22.9 Å². The smallest absolute Gasteiger partial charge is 0.324 e. The molecule has 0 spiro atoms. The van der Waals surface area contributed by atoms with Crippen molar-refractivity contribution in [2.75, 3.05) is 0 Å². The molecule has 0 radical (unpaired) electrons. The summed E-state index contributed by atoms with van der Waals surface area (Å²) >= 11 is 7.01. The first-order valence-electron chi connectivity index (χ1n) is 8.10. The molecule has 1 heterocycles. The van der Waals surface area contributed by atoms with E-state index >= 15 is 0 Å². The standard InChI is InChI=1S/C19H16ClNO5S2/c20-14-7-3-12(4-8-14)13-5-9-15(10-6-13)28(25,26)21-17(19(23)24)18(22)16-2-1-11-27-16/h1-11,17-18,21-22H,(H,23,24). The topological polar surface area (TPSA) is 104 Å². The first-order chi connectivity index (χ1) is 13.3. The quantitative estimate of drug-likeness (QED) is 0.524. The molecule has 1 aromatic heterocycles. The number of hydrogen-bond acceptors (Lipinski definition) is 5. The summed E-state index contributed by atoms with van der Waals surface area (Å²) in [6.07, 6.45) is -1.50. The van der Waals surface area contributed by atoms with Crippen molar-refractivity contribution in [1.29, 1.82) is 0 Å². The summed E-state index contributed by atoms with van der Waals surface area (Å²) in [6.45, 7) is 0. The lowest BCUT2D eigenvalue weighted by molar-refractivity contribution is -0.141. The van der Waals surface area contributed by atoms with Crippen LogP contribution in [0, 0.1) is 0 Å². The number of benzene rings is 2. The number of hydrogen-bond donors (Lipinski definition) is 3. The number of aliphatic carboxylic acids is 1. The Bertz CT molecular complexity index is 1050. The number of aliphatic hydroxyl groups is 1. The Morgan fingerprint density at radius 1 is 1.00 bits per heavy atom. The van der Waals surface area contributed by atoms with Gasteiger partial charge in [0.1, 0.15) is 12.1 Å². The summed E-state index contributed by atoms with van der Waals surface area (Å²) in [5, 5.41) is 21.9. The van der Waals surface area contributed by atoms with Crippen LogP contribution in [0.4, 0.5) is 0 Å². The molecule has 3 rings (SSSR count). The average molecular weight is 438 g/mol. The number of aliphatic hydroxyl groups excluding tert-OH is 1. The van der Waals surface area contributed by atoms with Crippen LogP contribution < -0.4 is 4.72 Å². The fourth-order valence-electron chi connectivity index (χ4n) is 2.58. The van der Waals surface area contributed by atoms with E-state index < -0.39 is 28.1 Å². The Balaban J connectivity index is 1.83. The van der Waals surface area contributed by atoms with Gasteiger partial charge in [0, 0.05) is 9.90 Å². The summed E-state index contributed by atoms with van der Waals surface area (Å²) in [5.74, 6) is -1.47. The van der Waals surface area contributed by atoms with Crippen LogP contribution in [0.3, 0.4) is 0 Å². The van der Waals surface area contributed by atoms with Gasteiger partial charge in [0.2, 0.25) is 10.0 Å². The number of carbonyl (C=O) groups is 1. The molecule has 0 saturated heterocycles. The second-order valence-electron chi connectivity index (χ2n) is 5.93. The van der Waals surface area contributed by atoms with Crippen LogP contribution in [0.25, 0.3) is 11.1 Å². The van der Waals surface area contributed by atoms with Crippen molar-refractivity contribution in [3.8, 4) is 11.1 Å². The minimum atomic E-state index is -4.15. The van der Waals surface area contributed by atoms with E-state index in [0.29, 0.717) is 9.90 Å². The average Bonchev–Trinajstić information content (AvgIpc) is 3.21. The SMILES string of the molecule is O=C(O)C(NS(=O)(=O)c1ccc(-c2ccc(Cl)cc2)cc1)C(O)c1cccs1. The van der Waals surface area contributed by atoms with Crippen LogP contribution in [0.1, 0.15) is 11.0 Å². The number of sulfonamides is 1. The maximum absolute atomic E-state index is 12.6. The second-order valence-corrected chi connectivity index (χ2v) is 9.06. The van der Waals surface area contributed by atoms with Gasteiger partial charge in [0.15, 0.2) is 0 Å². The Morgan fingerprint density at radius 2 is 1.57 bits per heavy atom. The summed E-state index contributed by atoms with van der Waals surface area (Å²) in [5.41, 5.74) is 1.64. The normalized spacial score (nSPS) is 13.8. The van der Waals surface area contributed by atoms with E-state index in [1.165, 1.54) is 12.1 Å². The first-order valence-corrected chi connectivity index (χ1v) is 10.8. The fraction of sp³-hybridized carbons (Fsp3) is 0.105. The highest BCUT2D eigenvalue weighted by Crippen LogP contribution is 2.25. The van der Waals surface area contributed by atoms with Crippen LogP contribution in [0.5, 0.6) is 0 Å². The molecule has 0 aliphatic heterocycles. The van der Waals surface area contributed by atoms with Gasteiger partial charge in [-0.3, -0.25) is 4.79 Å². The van der Waals surface area contributed by atoms with Gasteiger partial charge in [-0.1, -0.05) is 41.9 Å². The third-order valence-corrected chi connectivity index (χ3v) is 6.69. The monoisotopic (exact) mass is 437 g/mol. The van der Waals surface area contributed by atoms with Gasteiger partial charge in [-0.25, -0.2) is 8.42 Å². The zero-order valence-corrected chi connectivity index (χ0v) is 16.7. The van der Waals surface area contributed by atoms with Crippen molar-refractivity contribution >= 4 is 38.9 Å². The molecule has 6 nitrogen and oxygen atoms in total. The number of thiophene rings is 1. The Hall–Kier alpha value is -2.23. The zero-order valence-electron chi connectivity index (χ0n) is 14.3. The first kappa shape index (κ1) is 20.5. The van der Waals surface area contributed by atoms with Gasteiger partial charge < -0.3 is 10.2 Å².